The number of nitrogens with one attached hydrogen (secondary N) is 1. The number of esters is 1. The van der Waals surface area contributed by atoms with Gasteiger partial charge >= 0.3 is 5.97 Å². The predicted molar refractivity (Wildman–Crippen MR) is 93.1 cm³/mol. The number of hydrogen-bond donors (Lipinski definition) is 1. The van der Waals surface area contributed by atoms with Crippen LogP contribution in [0.2, 0.25) is 0 Å². The molecular formula is C19H30N2O2. The summed E-state index contributed by atoms with van der Waals surface area (Å²) in [6.45, 7) is 7.56. The Labute approximate surface area is 140 Å². The number of nitrogens with zero attached hydrogens (tertiary/aromatic N) is 1. The minimum atomic E-state index is -0.0968. The molecule has 1 saturated heterocycles. The molecule has 1 fully saturated rings. The molecule has 4 heteroatoms. The molecule has 0 aliphatic carbocycles. The van der Waals surface area contributed by atoms with Gasteiger partial charge in [-0.2, -0.15) is 0 Å². The minimum absolute atomic E-state index is 0.0968. The lowest BCUT2D eigenvalue weighted by Gasteiger charge is -2.40. The number of benzene rings is 1. The first-order chi connectivity index (χ1) is 11.1. The maximum Gasteiger partial charge on any atom is 0.305 e. The van der Waals surface area contributed by atoms with Gasteiger partial charge < -0.3 is 10.1 Å². The highest BCUT2D eigenvalue weighted by atomic mass is 16.5. The van der Waals surface area contributed by atoms with Crippen molar-refractivity contribution in [1.29, 1.82) is 0 Å². The fourth-order valence-corrected chi connectivity index (χ4v) is 3.30. The molecule has 1 aliphatic rings. The van der Waals surface area contributed by atoms with Crippen LogP contribution in [0.4, 0.5) is 0 Å². The zero-order valence-corrected chi connectivity index (χ0v) is 14.6. The summed E-state index contributed by atoms with van der Waals surface area (Å²) < 4.78 is 4.78. The van der Waals surface area contributed by atoms with E-state index in [9.17, 15) is 4.79 Å². The maximum atomic E-state index is 11.4. The average molecular weight is 318 g/mol. The predicted octanol–water partition coefficient (Wildman–Crippen LogP) is 2.83. The SMILES string of the molecule is COC(=O)CCC1CC(NCc2ccccc2)CN(C(C)C)C1. The van der Waals surface area contributed by atoms with Crippen LogP contribution < -0.4 is 5.32 Å². The Morgan fingerprint density at radius 1 is 1.30 bits per heavy atom. The largest absolute Gasteiger partial charge is 0.469 e. The van der Waals surface area contributed by atoms with Crippen molar-refractivity contribution < 1.29 is 9.53 Å². The first kappa shape index (κ1) is 18.0. The van der Waals surface area contributed by atoms with Crippen molar-refractivity contribution in [3.8, 4) is 0 Å². The number of rotatable bonds is 7. The molecule has 0 spiro atoms. The monoisotopic (exact) mass is 318 g/mol. The molecule has 2 unspecified atom stereocenters. The lowest BCUT2D eigenvalue weighted by Crippen LogP contribution is -2.51. The van der Waals surface area contributed by atoms with E-state index >= 15 is 0 Å². The number of piperidine rings is 1. The lowest BCUT2D eigenvalue weighted by molar-refractivity contribution is -0.141. The third-order valence-electron chi connectivity index (χ3n) is 4.72. The number of methoxy groups -OCH3 is 1. The normalized spacial score (nSPS) is 22.3. The molecule has 0 radical (unpaired) electrons. The van der Waals surface area contributed by atoms with Gasteiger partial charge in [0.05, 0.1) is 7.11 Å². The van der Waals surface area contributed by atoms with Gasteiger partial charge in [-0.25, -0.2) is 0 Å². The third kappa shape index (κ3) is 5.96. The molecule has 128 valence electrons. The van der Waals surface area contributed by atoms with E-state index in [0.29, 0.717) is 24.4 Å². The van der Waals surface area contributed by atoms with Gasteiger partial charge in [-0.15, -0.1) is 0 Å². The van der Waals surface area contributed by atoms with E-state index in [1.807, 2.05) is 6.07 Å². The Morgan fingerprint density at radius 2 is 2.04 bits per heavy atom. The maximum absolute atomic E-state index is 11.4. The van der Waals surface area contributed by atoms with Gasteiger partial charge in [-0.05, 0) is 38.2 Å². The molecule has 0 aromatic heterocycles. The Hall–Kier alpha value is -1.39. The molecule has 0 saturated carbocycles. The standard InChI is InChI=1S/C19H30N2O2/c1-15(2)21-13-17(9-10-19(22)23-3)11-18(14-21)20-12-16-7-5-4-6-8-16/h4-8,15,17-18,20H,9-14H2,1-3H3. The number of ether oxygens (including phenoxy) is 1. The number of carbonyl (C=O) groups excluding carboxylic acids is 1. The zero-order chi connectivity index (χ0) is 16.7. The van der Waals surface area contributed by atoms with Crippen LogP contribution in [0.15, 0.2) is 30.3 Å². The van der Waals surface area contributed by atoms with Crippen LogP contribution in [-0.4, -0.2) is 43.2 Å². The summed E-state index contributed by atoms with van der Waals surface area (Å²) in [5, 5.41) is 3.70. The fraction of sp³-hybridized carbons (Fsp3) is 0.632. The van der Waals surface area contributed by atoms with Crippen LogP contribution in [0.25, 0.3) is 0 Å². The second-order valence-electron chi connectivity index (χ2n) is 6.83. The van der Waals surface area contributed by atoms with Crippen molar-refractivity contribution in [1.82, 2.24) is 10.2 Å². The summed E-state index contributed by atoms with van der Waals surface area (Å²) in [6.07, 6.45) is 2.57. The molecule has 1 N–H and O–H groups in total. The Bertz CT molecular complexity index is 476. The molecule has 0 bridgehead atoms. The average Bonchev–Trinajstić information content (AvgIpc) is 2.58. The Morgan fingerprint density at radius 3 is 2.70 bits per heavy atom. The highest BCUT2D eigenvalue weighted by Crippen LogP contribution is 2.23. The highest BCUT2D eigenvalue weighted by Gasteiger charge is 2.28. The van der Waals surface area contributed by atoms with Crippen molar-refractivity contribution in [2.75, 3.05) is 20.2 Å². The molecule has 0 amide bonds. The Balaban J connectivity index is 1.88. The number of carbonyl (C=O) groups is 1. The Kier molecular flexibility index (Phi) is 7.06. The number of likely N-dealkylation sites (tertiary alicyclic amines) is 1. The van der Waals surface area contributed by atoms with Crippen LogP contribution in [0, 0.1) is 5.92 Å². The highest BCUT2D eigenvalue weighted by molar-refractivity contribution is 5.69. The first-order valence-electron chi connectivity index (χ1n) is 8.66. The van der Waals surface area contributed by atoms with Crippen LogP contribution in [0.3, 0.4) is 0 Å². The third-order valence-corrected chi connectivity index (χ3v) is 4.72. The van der Waals surface area contributed by atoms with E-state index < -0.39 is 0 Å². The van der Waals surface area contributed by atoms with Gasteiger partial charge in [-0.3, -0.25) is 9.69 Å². The topological polar surface area (TPSA) is 41.6 Å². The van der Waals surface area contributed by atoms with E-state index in [-0.39, 0.29) is 5.97 Å². The summed E-state index contributed by atoms with van der Waals surface area (Å²) in [5.74, 6) is 0.457. The summed E-state index contributed by atoms with van der Waals surface area (Å²) in [6, 6.07) is 11.5. The zero-order valence-electron chi connectivity index (χ0n) is 14.6. The van der Waals surface area contributed by atoms with Crippen molar-refractivity contribution in [2.45, 2.75) is 51.7 Å². The van der Waals surface area contributed by atoms with Crippen molar-refractivity contribution in [3.05, 3.63) is 35.9 Å². The van der Waals surface area contributed by atoms with Crippen LogP contribution in [-0.2, 0) is 16.1 Å². The van der Waals surface area contributed by atoms with E-state index in [0.717, 1.165) is 32.5 Å². The van der Waals surface area contributed by atoms with Crippen LogP contribution in [0.1, 0.15) is 38.7 Å². The molecule has 2 rings (SSSR count). The van der Waals surface area contributed by atoms with Gasteiger partial charge in [0.2, 0.25) is 0 Å². The molecule has 1 aliphatic heterocycles. The first-order valence-corrected chi connectivity index (χ1v) is 8.66. The summed E-state index contributed by atoms with van der Waals surface area (Å²) >= 11 is 0. The molecule has 1 aromatic carbocycles. The minimum Gasteiger partial charge on any atom is -0.469 e. The van der Waals surface area contributed by atoms with E-state index in [1.54, 1.807) is 0 Å². The van der Waals surface area contributed by atoms with Gasteiger partial charge in [0, 0.05) is 38.1 Å². The molecule has 4 nitrogen and oxygen atoms in total. The second kappa shape index (κ2) is 9.04. The molecule has 1 heterocycles. The summed E-state index contributed by atoms with van der Waals surface area (Å²) in [5.41, 5.74) is 1.32. The van der Waals surface area contributed by atoms with Crippen molar-refractivity contribution in [2.24, 2.45) is 5.92 Å². The summed E-state index contributed by atoms with van der Waals surface area (Å²) in [7, 11) is 1.47. The van der Waals surface area contributed by atoms with E-state index in [4.69, 9.17) is 4.74 Å². The van der Waals surface area contributed by atoms with Gasteiger partial charge in [0.25, 0.3) is 0 Å². The van der Waals surface area contributed by atoms with Crippen LogP contribution >= 0.6 is 0 Å². The van der Waals surface area contributed by atoms with Gasteiger partial charge in [0.1, 0.15) is 0 Å². The summed E-state index contributed by atoms with van der Waals surface area (Å²) in [4.78, 5) is 13.9. The smallest absolute Gasteiger partial charge is 0.305 e. The van der Waals surface area contributed by atoms with E-state index in [2.05, 4.69) is 48.3 Å². The molecular weight excluding hydrogens is 288 g/mol. The molecule has 1 aromatic rings. The second-order valence-corrected chi connectivity index (χ2v) is 6.83. The molecule has 23 heavy (non-hydrogen) atoms. The van der Waals surface area contributed by atoms with Crippen LogP contribution in [0.5, 0.6) is 0 Å². The van der Waals surface area contributed by atoms with Crippen molar-refractivity contribution in [3.63, 3.8) is 0 Å². The fourth-order valence-electron chi connectivity index (χ4n) is 3.30. The molecule has 2 atom stereocenters. The van der Waals surface area contributed by atoms with E-state index in [1.165, 1.54) is 12.7 Å². The lowest BCUT2D eigenvalue weighted by atomic mass is 9.89. The van der Waals surface area contributed by atoms with Gasteiger partial charge in [0.15, 0.2) is 0 Å². The quantitative estimate of drug-likeness (QED) is 0.785. The number of hydrogen-bond acceptors (Lipinski definition) is 4. The van der Waals surface area contributed by atoms with Gasteiger partial charge in [-0.1, -0.05) is 30.3 Å². The van der Waals surface area contributed by atoms with Crippen molar-refractivity contribution >= 4 is 5.97 Å².